The van der Waals surface area contributed by atoms with E-state index in [4.69, 9.17) is 9.84 Å². The van der Waals surface area contributed by atoms with Crippen LogP contribution in [-0.2, 0) is 17.9 Å². The minimum absolute atomic E-state index is 0.177. The molecule has 0 atom stereocenters. The zero-order valence-corrected chi connectivity index (χ0v) is 15.6. The van der Waals surface area contributed by atoms with Gasteiger partial charge in [0.2, 0.25) is 0 Å². The maximum atomic E-state index is 12.4. The van der Waals surface area contributed by atoms with Crippen LogP contribution in [0.1, 0.15) is 31.8 Å². The summed E-state index contributed by atoms with van der Waals surface area (Å²) in [4.78, 5) is 23.3. The molecule has 29 heavy (non-hydrogen) atoms. The van der Waals surface area contributed by atoms with Gasteiger partial charge in [-0.15, -0.1) is 0 Å². The van der Waals surface area contributed by atoms with Crippen molar-refractivity contribution in [2.24, 2.45) is 0 Å². The highest BCUT2D eigenvalue weighted by molar-refractivity contribution is 5.95. The Kier molecular flexibility index (Phi) is 5.12. The van der Waals surface area contributed by atoms with Crippen molar-refractivity contribution in [2.45, 2.75) is 13.2 Å². The monoisotopic (exact) mass is 385 g/mol. The van der Waals surface area contributed by atoms with E-state index in [1.165, 1.54) is 0 Å². The Bertz CT molecular complexity index is 1160. The molecule has 1 heterocycles. The van der Waals surface area contributed by atoms with Crippen molar-refractivity contribution in [3.05, 3.63) is 107 Å². The summed E-state index contributed by atoms with van der Waals surface area (Å²) in [6, 6.07) is 22.2. The summed E-state index contributed by atoms with van der Waals surface area (Å²) >= 11 is 0. The standard InChI is InChI=1S/C24H19NO4/c26-23(27)20-7-3-17(4-8-20)13-18-5-6-19-9-10-21(15-22(19)14-18)24(28)29-16-25-11-1-2-12-25/h1-12,14-15H,13,16H2,(H,26,27). The molecule has 1 aromatic heterocycles. The van der Waals surface area contributed by atoms with Crippen molar-refractivity contribution in [1.82, 2.24) is 4.57 Å². The second kappa shape index (κ2) is 8.02. The number of carbonyl (C=O) groups excluding carboxylic acids is 1. The van der Waals surface area contributed by atoms with Crippen LogP contribution in [-0.4, -0.2) is 21.6 Å². The van der Waals surface area contributed by atoms with Gasteiger partial charge in [-0.3, -0.25) is 0 Å². The Morgan fingerprint density at radius 2 is 1.45 bits per heavy atom. The lowest BCUT2D eigenvalue weighted by Crippen LogP contribution is -2.08. The number of nitrogens with zero attached hydrogens (tertiary/aromatic N) is 1. The third-order valence-corrected chi connectivity index (χ3v) is 4.76. The molecule has 0 saturated heterocycles. The maximum absolute atomic E-state index is 12.4. The molecule has 3 aromatic carbocycles. The number of carboxylic acids is 1. The van der Waals surface area contributed by atoms with E-state index in [0.29, 0.717) is 12.0 Å². The molecule has 0 bridgehead atoms. The van der Waals surface area contributed by atoms with Crippen molar-refractivity contribution in [2.75, 3.05) is 0 Å². The fraction of sp³-hybridized carbons (Fsp3) is 0.0833. The van der Waals surface area contributed by atoms with E-state index in [0.717, 1.165) is 21.9 Å². The van der Waals surface area contributed by atoms with Crippen molar-refractivity contribution in [3.8, 4) is 0 Å². The van der Waals surface area contributed by atoms with Crippen LogP contribution in [0.25, 0.3) is 10.8 Å². The molecule has 5 heteroatoms. The molecule has 4 rings (SSSR count). The first-order chi connectivity index (χ1) is 14.1. The molecule has 0 saturated carbocycles. The van der Waals surface area contributed by atoms with E-state index < -0.39 is 5.97 Å². The molecule has 4 aromatic rings. The van der Waals surface area contributed by atoms with E-state index in [9.17, 15) is 9.59 Å². The molecule has 0 aliphatic heterocycles. The van der Waals surface area contributed by atoms with Gasteiger partial charge in [-0.1, -0.05) is 36.4 Å². The van der Waals surface area contributed by atoms with Gasteiger partial charge in [0.05, 0.1) is 11.1 Å². The number of esters is 1. The fourth-order valence-corrected chi connectivity index (χ4v) is 3.21. The number of rotatable bonds is 6. The first-order valence-corrected chi connectivity index (χ1v) is 9.21. The van der Waals surface area contributed by atoms with Gasteiger partial charge in [-0.05, 0) is 64.7 Å². The molecule has 0 aliphatic carbocycles. The summed E-state index contributed by atoms with van der Waals surface area (Å²) in [5.41, 5.74) is 2.89. The highest BCUT2D eigenvalue weighted by atomic mass is 16.5. The molecule has 0 aliphatic rings. The lowest BCUT2D eigenvalue weighted by atomic mass is 9.99. The number of hydrogen-bond donors (Lipinski definition) is 1. The fourth-order valence-electron chi connectivity index (χ4n) is 3.21. The van der Waals surface area contributed by atoms with E-state index in [1.807, 2.05) is 67.0 Å². The molecule has 0 amide bonds. The molecule has 1 N–H and O–H groups in total. The Balaban J connectivity index is 1.51. The maximum Gasteiger partial charge on any atom is 0.339 e. The smallest absolute Gasteiger partial charge is 0.339 e. The molecule has 0 unspecified atom stereocenters. The van der Waals surface area contributed by atoms with Crippen LogP contribution >= 0.6 is 0 Å². The van der Waals surface area contributed by atoms with Crippen molar-refractivity contribution < 1.29 is 19.4 Å². The molecule has 0 radical (unpaired) electrons. The number of carboxylic acid groups (broad SMARTS) is 1. The summed E-state index contributed by atoms with van der Waals surface area (Å²) in [7, 11) is 0. The Labute approximate surface area is 167 Å². The van der Waals surface area contributed by atoms with Crippen LogP contribution in [0.5, 0.6) is 0 Å². The second-order valence-corrected chi connectivity index (χ2v) is 6.83. The summed E-state index contributed by atoms with van der Waals surface area (Å²) in [5, 5.41) is 11.0. The Hall–Kier alpha value is -3.86. The van der Waals surface area contributed by atoms with Gasteiger partial charge >= 0.3 is 11.9 Å². The number of hydrogen-bond acceptors (Lipinski definition) is 3. The third-order valence-electron chi connectivity index (χ3n) is 4.76. The van der Waals surface area contributed by atoms with Crippen molar-refractivity contribution in [3.63, 3.8) is 0 Å². The normalized spacial score (nSPS) is 10.8. The van der Waals surface area contributed by atoms with Crippen LogP contribution < -0.4 is 0 Å². The quantitative estimate of drug-likeness (QED) is 0.487. The van der Waals surface area contributed by atoms with Gasteiger partial charge in [0.1, 0.15) is 0 Å². The predicted octanol–water partition coefficient (Wildman–Crippen LogP) is 4.74. The first kappa shape index (κ1) is 18.5. The van der Waals surface area contributed by atoms with Crippen LogP contribution in [0.15, 0.2) is 85.2 Å². The molecular formula is C24H19NO4. The zero-order chi connectivity index (χ0) is 20.2. The number of benzene rings is 3. The highest BCUT2D eigenvalue weighted by Gasteiger charge is 2.09. The minimum atomic E-state index is -0.932. The third kappa shape index (κ3) is 4.35. The number of aromatic nitrogens is 1. The number of aromatic carboxylic acids is 1. The topological polar surface area (TPSA) is 68.5 Å². The summed E-state index contributed by atoms with van der Waals surface area (Å²) < 4.78 is 7.14. The highest BCUT2D eigenvalue weighted by Crippen LogP contribution is 2.21. The van der Waals surface area contributed by atoms with Crippen LogP contribution in [0.2, 0.25) is 0 Å². The number of ether oxygens (including phenoxy) is 1. The lowest BCUT2D eigenvalue weighted by molar-refractivity contribution is 0.0372. The van der Waals surface area contributed by atoms with Gasteiger partial charge < -0.3 is 14.4 Å². The summed E-state index contributed by atoms with van der Waals surface area (Å²) in [6.07, 6.45) is 4.35. The zero-order valence-electron chi connectivity index (χ0n) is 15.6. The SMILES string of the molecule is O=C(O)c1ccc(Cc2ccc3ccc(C(=O)OCn4cccc4)cc3c2)cc1. The second-order valence-electron chi connectivity index (χ2n) is 6.83. The van der Waals surface area contributed by atoms with E-state index in [1.54, 1.807) is 22.8 Å². The minimum Gasteiger partial charge on any atom is -0.478 e. The predicted molar refractivity (Wildman–Crippen MR) is 110 cm³/mol. The Morgan fingerprint density at radius 3 is 2.17 bits per heavy atom. The molecule has 5 nitrogen and oxygen atoms in total. The van der Waals surface area contributed by atoms with Crippen LogP contribution in [0.3, 0.4) is 0 Å². The van der Waals surface area contributed by atoms with Gasteiger partial charge in [-0.2, -0.15) is 0 Å². The average molecular weight is 385 g/mol. The average Bonchev–Trinajstić information content (AvgIpc) is 3.25. The van der Waals surface area contributed by atoms with E-state index in [-0.39, 0.29) is 18.3 Å². The van der Waals surface area contributed by atoms with Gasteiger partial charge in [0.15, 0.2) is 6.73 Å². The van der Waals surface area contributed by atoms with E-state index in [2.05, 4.69) is 0 Å². The van der Waals surface area contributed by atoms with Gasteiger partial charge in [0, 0.05) is 12.4 Å². The molecular weight excluding hydrogens is 366 g/mol. The number of fused-ring (bicyclic) bond motifs is 1. The molecule has 0 fully saturated rings. The summed E-state index contributed by atoms with van der Waals surface area (Å²) in [5.74, 6) is -1.30. The first-order valence-electron chi connectivity index (χ1n) is 9.21. The largest absolute Gasteiger partial charge is 0.478 e. The molecule has 144 valence electrons. The lowest BCUT2D eigenvalue weighted by Gasteiger charge is -2.08. The summed E-state index contributed by atoms with van der Waals surface area (Å²) in [6.45, 7) is 0.177. The van der Waals surface area contributed by atoms with Gasteiger partial charge in [-0.25, -0.2) is 9.59 Å². The van der Waals surface area contributed by atoms with Crippen molar-refractivity contribution >= 4 is 22.7 Å². The van der Waals surface area contributed by atoms with Gasteiger partial charge in [0.25, 0.3) is 0 Å². The molecule has 0 spiro atoms. The van der Waals surface area contributed by atoms with E-state index >= 15 is 0 Å². The number of carbonyl (C=O) groups is 2. The van der Waals surface area contributed by atoms with Crippen LogP contribution in [0.4, 0.5) is 0 Å². The van der Waals surface area contributed by atoms with Crippen molar-refractivity contribution in [1.29, 1.82) is 0 Å². The Morgan fingerprint density at radius 1 is 0.793 bits per heavy atom. The van der Waals surface area contributed by atoms with Crippen LogP contribution in [0, 0.1) is 0 Å².